The van der Waals surface area contributed by atoms with Gasteiger partial charge in [0.25, 0.3) is 5.91 Å². The van der Waals surface area contributed by atoms with E-state index in [1.54, 1.807) is 21.8 Å². The first-order valence-electron chi connectivity index (χ1n) is 9.37. The number of carbonyl (C=O) groups is 1. The minimum atomic E-state index is -0.500. The van der Waals surface area contributed by atoms with Gasteiger partial charge in [-0.05, 0) is 13.0 Å². The first-order chi connectivity index (χ1) is 13.5. The molecule has 1 amide bonds. The van der Waals surface area contributed by atoms with Gasteiger partial charge >= 0.3 is 0 Å². The fourth-order valence-corrected chi connectivity index (χ4v) is 3.93. The Morgan fingerprint density at radius 1 is 1.21 bits per heavy atom. The number of carbonyl (C=O) groups excluding carboxylic acids is 1. The molecule has 0 bridgehead atoms. The predicted octanol–water partition coefficient (Wildman–Crippen LogP) is 1.69. The number of ether oxygens (including phenoxy) is 2. The van der Waals surface area contributed by atoms with Crippen molar-refractivity contribution in [1.82, 2.24) is 19.7 Å². The zero-order chi connectivity index (χ0) is 19.7. The van der Waals surface area contributed by atoms with Gasteiger partial charge in [-0.1, -0.05) is 11.6 Å². The van der Waals surface area contributed by atoms with Gasteiger partial charge in [-0.25, -0.2) is 4.98 Å². The molecule has 0 aromatic carbocycles. The monoisotopic (exact) mass is 405 g/mol. The number of aryl methyl sites for hydroxylation is 1. The van der Waals surface area contributed by atoms with E-state index in [1.165, 1.54) is 0 Å². The second-order valence-electron chi connectivity index (χ2n) is 7.34. The highest BCUT2D eigenvalue weighted by Crippen LogP contribution is 2.33. The molecule has 2 aromatic rings. The van der Waals surface area contributed by atoms with Crippen LogP contribution in [-0.2, 0) is 22.1 Å². The number of nitrogens with zero attached hydrogens (tertiary/aromatic N) is 5. The van der Waals surface area contributed by atoms with Crippen molar-refractivity contribution in [3.63, 3.8) is 0 Å². The summed E-state index contributed by atoms with van der Waals surface area (Å²) in [5.41, 5.74) is 1.01. The van der Waals surface area contributed by atoms with Crippen LogP contribution >= 0.6 is 11.6 Å². The van der Waals surface area contributed by atoms with Crippen molar-refractivity contribution in [2.24, 2.45) is 7.05 Å². The van der Waals surface area contributed by atoms with Gasteiger partial charge in [0.2, 0.25) is 0 Å². The molecule has 2 aromatic heterocycles. The number of hydrogen-bond donors (Lipinski definition) is 0. The van der Waals surface area contributed by atoms with E-state index >= 15 is 0 Å². The van der Waals surface area contributed by atoms with Crippen LogP contribution in [0.2, 0.25) is 5.02 Å². The molecule has 28 heavy (non-hydrogen) atoms. The normalized spacial score (nSPS) is 23.1. The Bertz CT molecular complexity index is 867. The standard InChI is InChI=1S/C19H24ClN5O3/c1-19(15-11-22-23(2)12-15)13-25(5-8-28-19)17-16(20)9-14(10-21-17)18(26)24-3-6-27-7-4-24/h9-12H,3-8,13H2,1-2H3. The third-order valence-corrected chi connectivity index (χ3v) is 5.53. The van der Waals surface area contributed by atoms with Gasteiger partial charge in [0.1, 0.15) is 11.4 Å². The Balaban J connectivity index is 1.53. The third kappa shape index (κ3) is 3.72. The average Bonchev–Trinajstić information content (AvgIpc) is 3.15. The number of amides is 1. The van der Waals surface area contributed by atoms with Crippen LogP contribution in [0.3, 0.4) is 0 Å². The summed E-state index contributed by atoms with van der Waals surface area (Å²) in [6, 6.07) is 1.71. The lowest BCUT2D eigenvalue weighted by molar-refractivity contribution is -0.0468. The molecule has 0 saturated carbocycles. The largest absolute Gasteiger partial charge is 0.378 e. The van der Waals surface area contributed by atoms with E-state index in [2.05, 4.69) is 15.0 Å². The number of hydrogen-bond acceptors (Lipinski definition) is 6. The third-order valence-electron chi connectivity index (χ3n) is 5.26. The summed E-state index contributed by atoms with van der Waals surface area (Å²) in [5.74, 6) is 0.602. The number of morpholine rings is 2. The SMILES string of the molecule is Cn1cc(C2(C)CN(c3ncc(C(=O)N4CCOCC4)cc3Cl)CCO2)cn1. The lowest BCUT2D eigenvalue weighted by atomic mass is 9.97. The van der Waals surface area contributed by atoms with Crippen LogP contribution in [-0.4, -0.2) is 71.6 Å². The van der Waals surface area contributed by atoms with Crippen molar-refractivity contribution in [3.05, 3.63) is 40.8 Å². The van der Waals surface area contributed by atoms with E-state index in [0.717, 1.165) is 5.56 Å². The Hall–Kier alpha value is -2.16. The van der Waals surface area contributed by atoms with E-state index in [4.69, 9.17) is 21.1 Å². The quantitative estimate of drug-likeness (QED) is 0.773. The predicted molar refractivity (Wildman–Crippen MR) is 105 cm³/mol. The van der Waals surface area contributed by atoms with Crippen LogP contribution in [0.25, 0.3) is 0 Å². The van der Waals surface area contributed by atoms with Crippen LogP contribution in [0.1, 0.15) is 22.8 Å². The summed E-state index contributed by atoms with van der Waals surface area (Å²) in [6.07, 6.45) is 5.39. The van der Waals surface area contributed by atoms with Crippen LogP contribution in [0.15, 0.2) is 24.7 Å². The molecular formula is C19H24ClN5O3. The molecule has 0 N–H and O–H groups in total. The fourth-order valence-electron chi connectivity index (χ4n) is 3.65. The minimum absolute atomic E-state index is 0.0635. The molecule has 1 atom stereocenters. The molecule has 8 nitrogen and oxygen atoms in total. The summed E-state index contributed by atoms with van der Waals surface area (Å²) in [4.78, 5) is 21.0. The molecular weight excluding hydrogens is 382 g/mol. The Morgan fingerprint density at radius 2 is 2.00 bits per heavy atom. The summed E-state index contributed by atoms with van der Waals surface area (Å²) in [7, 11) is 1.88. The maximum atomic E-state index is 12.7. The lowest BCUT2D eigenvalue weighted by Crippen LogP contribution is -2.48. The van der Waals surface area contributed by atoms with Crippen molar-refractivity contribution in [3.8, 4) is 0 Å². The fraction of sp³-hybridized carbons (Fsp3) is 0.526. The van der Waals surface area contributed by atoms with Gasteiger partial charge in [0.15, 0.2) is 0 Å². The van der Waals surface area contributed by atoms with Gasteiger partial charge in [0, 0.05) is 44.6 Å². The number of rotatable bonds is 3. The van der Waals surface area contributed by atoms with Gasteiger partial charge in [-0.3, -0.25) is 9.48 Å². The van der Waals surface area contributed by atoms with E-state index in [1.807, 2.05) is 26.4 Å². The Kier molecular flexibility index (Phi) is 5.27. The van der Waals surface area contributed by atoms with E-state index in [0.29, 0.717) is 62.4 Å². The number of halogens is 1. The number of pyridine rings is 1. The molecule has 2 fully saturated rings. The van der Waals surface area contributed by atoms with Crippen molar-refractivity contribution < 1.29 is 14.3 Å². The van der Waals surface area contributed by atoms with Crippen LogP contribution in [0, 0.1) is 0 Å². The molecule has 2 aliphatic rings. The average molecular weight is 406 g/mol. The van der Waals surface area contributed by atoms with Gasteiger partial charge in [-0.2, -0.15) is 5.10 Å². The Labute approximate surface area is 169 Å². The highest BCUT2D eigenvalue weighted by Gasteiger charge is 2.36. The molecule has 150 valence electrons. The molecule has 4 heterocycles. The smallest absolute Gasteiger partial charge is 0.255 e. The molecule has 0 radical (unpaired) electrons. The first kappa shape index (κ1) is 19.2. The molecule has 0 aliphatic carbocycles. The van der Waals surface area contributed by atoms with Crippen LogP contribution < -0.4 is 4.90 Å². The van der Waals surface area contributed by atoms with Crippen molar-refractivity contribution >= 4 is 23.3 Å². The van der Waals surface area contributed by atoms with Gasteiger partial charge < -0.3 is 19.3 Å². The first-order valence-corrected chi connectivity index (χ1v) is 9.75. The van der Waals surface area contributed by atoms with Crippen LogP contribution in [0.4, 0.5) is 5.82 Å². The highest BCUT2D eigenvalue weighted by atomic mass is 35.5. The summed E-state index contributed by atoms with van der Waals surface area (Å²) in [5, 5.41) is 4.72. The summed E-state index contributed by atoms with van der Waals surface area (Å²) < 4.78 is 13.1. The zero-order valence-corrected chi connectivity index (χ0v) is 16.9. The zero-order valence-electron chi connectivity index (χ0n) is 16.1. The molecule has 2 saturated heterocycles. The topological polar surface area (TPSA) is 72.7 Å². The molecule has 9 heteroatoms. The summed E-state index contributed by atoms with van der Waals surface area (Å²) in [6.45, 7) is 6.17. The van der Waals surface area contributed by atoms with E-state index in [-0.39, 0.29) is 5.91 Å². The van der Waals surface area contributed by atoms with Gasteiger partial charge in [-0.15, -0.1) is 0 Å². The molecule has 4 rings (SSSR count). The van der Waals surface area contributed by atoms with Crippen molar-refractivity contribution in [2.45, 2.75) is 12.5 Å². The second-order valence-corrected chi connectivity index (χ2v) is 7.74. The van der Waals surface area contributed by atoms with Crippen molar-refractivity contribution in [1.29, 1.82) is 0 Å². The highest BCUT2D eigenvalue weighted by molar-refractivity contribution is 6.33. The molecule has 1 unspecified atom stereocenters. The molecule has 2 aliphatic heterocycles. The van der Waals surface area contributed by atoms with E-state index < -0.39 is 5.60 Å². The van der Waals surface area contributed by atoms with Crippen molar-refractivity contribution in [2.75, 3.05) is 50.9 Å². The lowest BCUT2D eigenvalue weighted by Gasteiger charge is -2.40. The van der Waals surface area contributed by atoms with E-state index in [9.17, 15) is 4.79 Å². The maximum Gasteiger partial charge on any atom is 0.255 e. The number of anilines is 1. The van der Waals surface area contributed by atoms with Crippen LogP contribution in [0.5, 0.6) is 0 Å². The Morgan fingerprint density at radius 3 is 2.68 bits per heavy atom. The maximum absolute atomic E-state index is 12.7. The molecule has 0 spiro atoms. The minimum Gasteiger partial charge on any atom is -0.378 e. The number of aromatic nitrogens is 3. The van der Waals surface area contributed by atoms with Gasteiger partial charge in [0.05, 0.1) is 43.1 Å². The summed E-state index contributed by atoms with van der Waals surface area (Å²) >= 11 is 6.53. The second kappa shape index (κ2) is 7.69.